The van der Waals surface area contributed by atoms with Gasteiger partial charge in [-0.1, -0.05) is 13.5 Å². The van der Waals surface area contributed by atoms with Crippen molar-refractivity contribution in [2.24, 2.45) is 5.92 Å². The van der Waals surface area contributed by atoms with Gasteiger partial charge in [-0.25, -0.2) is 0 Å². The van der Waals surface area contributed by atoms with Crippen LogP contribution in [0, 0.1) is 5.92 Å². The second-order valence-electron chi connectivity index (χ2n) is 2.39. The van der Waals surface area contributed by atoms with E-state index in [1.54, 1.807) is 6.92 Å². The predicted molar refractivity (Wildman–Crippen MR) is 39.7 cm³/mol. The molecule has 0 spiro atoms. The summed E-state index contributed by atoms with van der Waals surface area (Å²) in [5.41, 5.74) is 0. The molecule has 0 fully saturated rings. The number of carbonyl (C=O) groups is 2. The van der Waals surface area contributed by atoms with Crippen LogP contribution in [-0.4, -0.2) is 11.6 Å². The molecule has 0 heterocycles. The zero-order chi connectivity index (χ0) is 8.15. The zero-order valence-electron chi connectivity index (χ0n) is 6.39. The molecule has 0 saturated heterocycles. The Balaban J connectivity index is 3.79. The summed E-state index contributed by atoms with van der Waals surface area (Å²) in [4.78, 5) is 21.3. The summed E-state index contributed by atoms with van der Waals surface area (Å²) < 4.78 is 0. The van der Waals surface area contributed by atoms with Crippen molar-refractivity contribution in [2.45, 2.75) is 20.3 Å². The van der Waals surface area contributed by atoms with Gasteiger partial charge in [0, 0.05) is 12.3 Å². The first-order valence-corrected chi connectivity index (χ1v) is 3.23. The Morgan fingerprint density at radius 2 is 2.10 bits per heavy atom. The fourth-order valence-corrected chi connectivity index (χ4v) is 0.529. The molecule has 0 rings (SSSR count). The molecule has 10 heavy (non-hydrogen) atoms. The quantitative estimate of drug-likeness (QED) is 0.552. The molecule has 1 unspecified atom stereocenters. The molecule has 0 aliphatic heterocycles. The molecule has 2 nitrogen and oxygen atoms in total. The summed E-state index contributed by atoms with van der Waals surface area (Å²) in [5.74, 6) is -0.177. The number of hydrogen-bond acceptors (Lipinski definition) is 2. The van der Waals surface area contributed by atoms with Crippen LogP contribution in [0.4, 0.5) is 0 Å². The third-order valence-corrected chi connectivity index (χ3v) is 1.43. The molecule has 0 aromatic rings. The second kappa shape index (κ2) is 3.99. The average Bonchev–Trinajstić information content (AvgIpc) is 1.87. The van der Waals surface area contributed by atoms with Crippen LogP contribution < -0.4 is 0 Å². The highest BCUT2D eigenvalue weighted by atomic mass is 16.1. The lowest BCUT2D eigenvalue weighted by Gasteiger charge is -2.01. The topological polar surface area (TPSA) is 34.1 Å². The lowest BCUT2D eigenvalue weighted by molar-refractivity contribution is -0.124. The SMILES string of the molecule is C=CC(=O)CC(C)C(C)=O. The molecule has 0 saturated carbocycles. The Morgan fingerprint density at radius 3 is 2.40 bits per heavy atom. The summed E-state index contributed by atoms with van der Waals surface area (Å²) in [7, 11) is 0. The van der Waals surface area contributed by atoms with Crippen molar-refractivity contribution in [2.75, 3.05) is 0 Å². The van der Waals surface area contributed by atoms with E-state index in [9.17, 15) is 9.59 Å². The van der Waals surface area contributed by atoms with Gasteiger partial charge in [0.15, 0.2) is 5.78 Å². The van der Waals surface area contributed by atoms with Crippen molar-refractivity contribution in [3.8, 4) is 0 Å². The molecule has 0 amide bonds. The third-order valence-electron chi connectivity index (χ3n) is 1.43. The zero-order valence-corrected chi connectivity index (χ0v) is 6.39. The second-order valence-corrected chi connectivity index (χ2v) is 2.39. The number of Topliss-reactive ketones (excluding diaryl/α,β-unsaturated/α-hetero) is 1. The molecule has 0 aromatic heterocycles. The highest BCUT2D eigenvalue weighted by Crippen LogP contribution is 2.03. The smallest absolute Gasteiger partial charge is 0.155 e. The van der Waals surface area contributed by atoms with Gasteiger partial charge in [0.25, 0.3) is 0 Å². The molecule has 1 atom stereocenters. The maximum absolute atomic E-state index is 10.7. The maximum atomic E-state index is 10.7. The normalized spacial score (nSPS) is 12.2. The van der Waals surface area contributed by atoms with Crippen LogP contribution in [-0.2, 0) is 9.59 Å². The van der Waals surface area contributed by atoms with Crippen LogP contribution in [0.1, 0.15) is 20.3 Å². The minimum atomic E-state index is -0.162. The van der Waals surface area contributed by atoms with Crippen molar-refractivity contribution in [1.29, 1.82) is 0 Å². The molecule has 56 valence electrons. The molecular formula is C8H12O2. The van der Waals surface area contributed by atoms with Crippen molar-refractivity contribution in [1.82, 2.24) is 0 Å². The molecule has 0 N–H and O–H groups in total. The number of hydrogen-bond donors (Lipinski definition) is 0. The standard InChI is InChI=1S/C8H12O2/c1-4-8(10)5-6(2)7(3)9/h4,6H,1,5H2,2-3H3. The Morgan fingerprint density at radius 1 is 1.60 bits per heavy atom. The van der Waals surface area contributed by atoms with Crippen LogP contribution >= 0.6 is 0 Å². The van der Waals surface area contributed by atoms with E-state index in [0.29, 0.717) is 6.42 Å². The molecule has 0 aliphatic rings. The van der Waals surface area contributed by atoms with E-state index in [1.165, 1.54) is 13.0 Å². The average molecular weight is 140 g/mol. The van der Waals surface area contributed by atoms with Crippen LogP contribution in [0.2, 0.25) is 0 Å². The minimum absolute atomic E-state index is 0.0511. The Kier molecular flexibility index (Phi) is 3.62. The van der Waals surface area contributed by atoms with E-state index in [1.807, 2.05) is 0 Å². The van der Waals surface area contributed by atoms with Gasteiger partial charge in [-0.2, -0.15) is 0 Å². The predicted octanol–water partition coefficient (Wildman–Crippen LogP) is 1.36. The van der Waals surface area contributed by atoms with Crippen molar-refractivity contribution < 1.29 is 9.59 Å². The van der Waals surface area contributed by atoms with Crippen LogP contribution in [0.25, 0.3) is 0 Å². The first-order chi connectivity index (χ1) is 4.57. The number of ketones is 2. The van der Waals surface area contributed by atoms with Crippen molar-refractivity contribution in [3.63, 3.8) is 0 Å². The van der Waals surface area contributed by atoms with Gasteiger partial charge in [0.1, 0.15) is 5.78 Å². The number of carbonyl (C=O) groups excluding carboxylic acids is 2. The van der Waals surface area contributed by atoms with Crippen LogP contribution in [0.5, 0.6) is 0 Å². The fraction of sp³-hybridized carbons (Fsp3) is 0.500. The molecule has 0 aromatic carbocycles. The Labute approximate surface area is 60.9 Å². The molecule has 0 aliphatic carbocycles. The highest BCUT2D eigenvalue weighted by molar-refractivity contribution is 5.92. The molecule has 0 bridgehead atoms. The Hall–Kier alpha value is -0.920. The van der Waals surface area contributed by atoms with Gasteiger partial charge >= 0.3 is 0 Å². The summed E-state index contributed by atoms with van der Waals surface area (Å²) in [6.07, 6.45) is 1.54. The lowest BCUT2D eigenvalue weighted by atomic mass is 10.0. The fourth-order valence-electron chi connectivity index (χ4n) is 0.529. The van der Waals surface area contributed by atoms with E-state index >= 15 is 0 Å². The van der Waals surface area contributed by atoms with Crippen molar-refractivity contribution in [3.05, 3.63) is 12.7 Å². The van der Waals surface area contributed by atoms with Gasteiger partial charge in [-0.05, 0) is 13.0 Å². The summed E-state index contributed by atoms with van der Waals surface area (Å²) >= 11 is 0. The number of rotatable bonds is 4. The van der Waals surface area contributed by atoms with Crippen molar-refractivity contribution >= 4 is 11.6 Å². The van der Waals surface area contributed by atoms with E-state index in [-0.39, 0.29) is 17.5 Å². The van der Waals surface area contributed by atoms with Gasteiger partial charge < -0.3 is 0 Å². The lowest BCUT2D eigenvalue weighted by Crippen LogP contribution is -2.10. The van der Waals surface area contributed by atoms with Gasteiger partial charge in [0.2, 0.25) is 0 Å². The van der Waals surface area contributed by atoms with Gasteiger partial charge in [-0.15, -0.1) is 0 Å². The summed E-state index contributed by atoms with van der Waals surface area (Å²) in [6.45, 7) is 6.54. The largest absolute Gasteiger partial charge is 0.300 e. The Bertz CT molecular complexity index is 159. The minimum Gasteiger partial charge on any atom is -0.300 e. The highest BCUT2D eigenvalue weighted by Gasteiger charge is 2.09. The first kappa shape index (κ1) is 9.08. The monoisotopic (exact) mass is 140 g/mol. The molecule has 2 heteroatoms. The third kappa shape index (κ3) is 3.17. The molecular weight excluding hydrogens is 128 g/mol. The molecule has 0 radical (unpaired) electrons. The maximum Gasteiger partial charge on any atom is 0.155 e. The van der Waals surface area contributed by atoms with Gasteiger partial charge in [-0.3, -0.25) is 9.59 Å². The summed E-state index contributed by atoms with van der Waals surface area (Å²) in [6, 6.07) is 0. The van der Waals surface area contributed by atoms with Gasteiger partial charge in [0.05, 0.1) is 0 Å². The first-order valence-electron chi connectivity index (χ1n) is 3.23. The van der Waals surface area contributed by atoms with E-state index in [2.05, 4.69) is 6.58 Å². The van der Waals surface area contributed by atoms with Crippen LogP contribution in [0.3, 0.4) is 0 Å². The van der Waals surface area contributed by atoms with Crippen LogP contribution in [0.15, 0.2) is 12.7 Å². The van der Waals surface area contributed by atoms with E-state index in [4.69, 9.17) is 0 Å². The summed E-state index contributed by atoms with van der Waals surface area (Å²) in [5, 5.41) is 0. The van der Waals surface area contributed by atoms with E-state index in [0.717, 1.165) is 0 Å². The number of allylic oxidation sites excluding steroid dienone is 1. The van der Waals surface area contributed by atoms with E-state index < -0.39 is 0 Å².